The molecular formula is C12H15N3. The summed E-state index contributed by atoms with van der Waals surface area (Å²) in [5.74, 6) is 0.700. The number of hydrogen-bond acceptors (Lipinski definition) is 2. The van der Waals surface area contributed by atoms with Gasteiger partial charge in [-0.3, -0.25) is 0 Å². The molecule has 0 saturated heterocycles. The smallest absolute Gasteiger partial charge is 0.122 e. The van der Waals surface area contributed by atoms with E-state index in [1.807, 2.05) is 22.9 Å². The summed E-state index contributed by atoms with van der Waals surface area (Å²) in [7, 11) is 0. The Kier molecular flexibility index (Phi) is 2.46. The van der Waals surface area contributed by atoms with Gasteiger partial charge in [0, 0.05) is 0 Å². The number of anilines is 1. The SMILES string of the molecule is Cc1ccccc1C(C)n1nccc1N. The van der Waals surface area contributed by atoms with Crippen molar-refractivity contribution in [2.75, 3.05) is 5.73 Å². The molecule has 2 aromatic rings. The van der Waals surface area contributed by atoms with Crippen LogP contribution in [0.1, 0.15) is 24.1 Å². The molecule has 78 valence electrons. The monoisotopic (exact) mass is 201 g/mol. The molecule has 3 heteroatoms. The van der Waals surface area contributed by atoms with Crippen molar-refractivity contribution in [1.82, 2.24) is 9.78 Å². The molecule has 0 fully saturated rings. The summed E-state index contributed by atoms with van der Waals surface area (Å²) in [6.07, 6.45) is 1.73. The zero-order chi connectivity index (χ0) is 10.8. The lowest BCUT2D eigenvalue weighted by atomic mass is 10.0. The number of nitrogens with zero attached hydrogens (tertiary/aromatic N) is 2. The third kappa shape index (κ3) is 1.73. The summed E-state index contributed by atoms with van der Waals surface area (Å²) in [5, 5.41) is 4.22. The predicted octanol–water partition coefficient (Wildman–Crippen LogP) is 2.38. The average molecular weight is 201 g/mol. The van der Waals surface area contributed by atoms with E-state index in [2.05, 4.69) is 31.1 Å². The maximum Gasteiger partial charge on any atom is 0.122 e. The van der Waals surface area contributed by atoms with Gasteiger partial charge in [0.15, 0.2) is 0 Å². The van der Waals surface area contributed by atoms with Crippen LogP contribution in [0.3, 0.4) is 0 Å². The molecule has 1 aromatic heterocycles. The number of benzene rings is 1. The van der Waals surface area contributed by atoms with Gasteiger partial charge in [0.2, 0.25) is 0 Å². The second-order valence-electron chi connectivity index (χ2n) is 3.73. The summed E-state index contributed by atoms with van der Waals surface area (Å²) in [5.41, 5.74) is 8.35. The van der Waals surface area contributed by atoms with Crippen LogP contribution in [0, 0.1) is 6.92 Å². The molecule has 0 bridgehead atoms. The van der Waals surface area contributed by atoms with Crippen molar-refractivity contribution >= 4 is 5.82 Å². The first-order chi connectivity index (χ1) is 7.20. The Bertz CT molecular complexity index is 459. The molecule has 0 saturated carbocycles. The van der Waals surface area contributed by atoms with E-state index < -0.39 is 0 Å². The van der Waals surface area contributed by atoms with Crippen LogP contribution in [0.2, 0.25) is 0 Å². The second kappa shape index (κ2) is 3.77. The van der Waals surface area contributed by atoms with Crippen LogP contribution in [-0.2, 0) is 0 Å². The number of aromatic nitrogens is 2. The quantitative estimate of drug-likeness (QED) is 0.810. The molecule has 0 aliphatic carbocycles. The topological polar surface area (TPSA) is 43.8 Å². The summed E-state index contributed by atoms with van der Waals surface area (Å²) in [6.45, 7) is 4.21. The third-order valence-corrected chi connectivity index (χ3v) is 2.71. The van der Waals surface area contributed by atoms with Crippen molar-refractivity contribution in [2.24, 2.45) is 0 Å². The third-order valence-electron chi connectivity index (χ3n) is 2.71. The molecule has 1 heterocycles. The summed E-state index contributed by atoms with van der Waals surface area (Å²) < 4.78 is 1.84. The zero-order valence-corrected chi connectivity index (χ0v) is 9.01. The minimum Gasteiger partial charge on any atom is -0.384 e. The van der Waals surface area contributed by atoms with Gasteiger partial charge in [-0.2, -0.15) is 5.10 Å². The van der Waals surface area contributed by atoms with E-state index >= 15 is 0 Å². The lowest BCUT2D eigenvalue weighted by molar-refractivity contribution is 0.570. The molecule has 0 radical (unpaired) electrons. The first kappa shape index (κ1) is 9.77. The molecule has 2 rings (SSSR count). The van der Waals surface area contributed by atoms with Crippen LogP contribution in [0.15, 0.2) is 36.5 Å². The molecule has 2 N–H and O–H groups in total. The molecule has 0 aliphatic heterocycles. The van der Waals surface area contributed by atoms with Gasteiger partial charge in [-0.15, -0.1) is 0 Å². The average Bonchev–Trinajstić information content (AvgIpc) is 2.64. The normalized spacial score (nSPS) is 12.7. The number of aryl methyl sites for hydroxylation is 1. The van der Waals surface area contributed by atoms with E-state index in [1.165, 1.54) is 11.1 Å². The van der Waals surface area contributed by atoms with Crippen LogP contribution >= 0.6 is 0 Å². The molecule has 0 spiro atoms. The van der Waals surface area contributed by atoms with Gasteiger partial charge < -0.3 is 5.73 Å². The van der Waals surface area contributed by atoms with E-state index in [-0.39, 0.29) is 6.04 Å². The Morgan fingerprint density at radius 3 is 2.60 bits per heavy atom. The summed E-state index contributed by atoms with van der Waals surface area (Å²) in [6, 6.07) is 10.3. The predicted molar refractivity (Wildman–Crippen MR) is 61.6 cm³/mol. The molecule has 15 heavy (non-hydrogen) atoms. The summed E-state index contributed by atoms with van der Waals surface area (Å²) >= 11 is 0. The minimum absolute atomic E-state index is 0.182. The Hall–Kier alpha value is -1.77. The van der Waals surface area contributed by atoms with Gasteiger partial charge in [0.1, 0.15) is 5.82 Å². The molecule has 1 aromatic carbocycles. The van der Waals surface area contributed by atoms with Crippen molar-refractivity contribution in [1.29, 1.82) is 0 Å². The van der Waals surface area contributed by atoms with Gasteiger partial charge >= 0.3 is 0 Å². The highest BCUT2D eigenvalue weighted by molar-refractivity contribution is 5.33. The molecular weight excluding hydrogens is 186 g/mol. The van der Waals surface area contributed by atoms with Crippen LogP contribution in [-0.4, -0.2) is 9.78 Å². The van der Waals surface area contributed by atoms with Gasteiger partial charge in [-0.1, -0.05) is 24.3 Å². The second-order valence-corrected chi connectivity index (χ2v) is 3.73. The van der Waals surface area contributed by atoms with Gasteiger partial charge in [0.25, 0.3) is 0 Å². The van der Waals surface area contributed by atoms with Crippen molar-refractivity contribution in [3.05, 3.63) is 47.7 Å². The molecule has 1 unspecified atom stereocenters. The maximum atomic E-state index is 5.83. The molecule has 1 atom stereocenters. The Labute approximate surface area is 89.5 Å². The highest BCUT2D eigenvalue weighted by Gasteiger charge is 2.11. The summed E-state index contributed by atoms with van der Waals surface area (Å²) in [4.78, 5) is 0. The van der Waals surface area contributed by atoms with Gasteiger partial charge in [0.05, 0.1) is 12.2 Å². The molecule has 0 aliphatic rings. The molecule has 3 nitrogen and oxygen atoms in total. The largest absolute Gasteiger partial charge is 0.384 e. The van der Waals surface area contributed by atoms with E-state index in [4.69, 9.17) is 5.73 Å². The van der Waals surface area contributed by atoms with E-state index in [0.29, 0.717) is 5.82 Å². The fourth-order valence-corrected chi connectivity index (χ4v) is 1.84. The first-order valence-electron chi connectivity index (χ1n) is 5.04. The van der Waals surface area contributed by atoms with Crippen molar-refractivity contribution in [3.8, 4) is 0 Å². The number of nitrogen functional groups attached to an aromatic ring is 1. The van der Waals surface area contributed by atoms with E-state index in [9.17, 15) is 0 Å². The minimum atomic E-state index is 0.182. The van der Waals surface area contributed by atoms with E-state index in [0.717, 1.165) is 0 Å². The van der Waals surface area contributed by atoms with Crippen LogP contribution in [0.25, 0.3) is 0 Å². The first-order valence-corrected chi connectivity index (χ1v) is 5.04. The van der Waals surface area contributed by atoms with Crippen LogP contribution in [0.4, 0.5) is 5.82 Å². The fourth-order valence-electron chi connectivity index (χ4n) is 1.84. The van der Waals surface area contributed by atoms with Crippen molar-refractivity contribution in [2.45, 2.75) is 19.9 Å². The number of hydrogen-bond donors (Lipinski definition) is 1. The van der Waals surface area contributed by atoms with E-state index in [1.54, 1.807) is 6.20 Å². The van der Waals surface area contributed by atoms with Crippen molar-refractivity contribution in [3.63, 3.8) is 0 Å². The van der Waals surface area contributed by atoms with Crippen LogP contribution < -0.4 is 5.73 Å². The standard InChI is InChI=1S/C12H15N3/c1-9-5-3-4-6-11(9)10(2)15-12(13)7-8-14-15/h3-8,10H,13H2,1-2H3. The Morgan fingerprint density at radius 1 is 1.27 bits per heavy atom. The lowest BCUT2D eigenvalue weighted by Crippen LogP contribution is -2.12. The maximum absolute atomic E-state index is 5.83. The van der Waals surface area contributed by atoms with Gasteiger partial charge in [-0.25, -0.2) is 4.68 Å². The highest BCUT2D eigenvalue weighted by atomic mass is 15.3. The van der Waals surface area contributed by atoms with Crippen LogP contribution in [0.5, 0.6) is 0 Å². The molecule has 0 amide bonds. The van der Waals surface area contributed by atoms with Crippen molar-refractivity contribution < 1.29 is 0 Å². The Balaban J connectivity index is 2.41. The zero-order valence-electron chi connectivity index (χ0n) is 9.01. The number of nitrogens with two attached hydrogens (primary N) is 1. The number of rotatable bonds is 2. The van der Waals surface area contributed by atoms with Gasteiger partial charge in [-0.05, 0) is 31.0 Å². The highest BCUT2D eigenvalue weighted by Crippen LogP contribution is 2.22. The Morgan fingerprint density at radius 2 is 2.00 bits per heavy atom. The fraction of sp³-hybridized carbons (Fsp3) is 0.250. The lowest BCUT2D eigenvalue weighted by Gasteiger charge is -2.16.